The third-order valence-electron chi connectivity index (χ3n) is 4.54. The first-order chi connectivity index (χ1) is 9.08. The van der Waals surface area contributed by atoms with Crippen LogP contribution in [0.5, 0.6) is 5.75 Å². The molecule has 104 valence electrons. The van der Waals surface area contributed by atoms with Crippen LogP contribution in [0.1, 0.15) is 49.3 Å². The van der Waals surface area contributed by atoms with Gasteiger partial charge in [0, 0.05) is 11.1 Å². The molecule has 0 spiro atoms. The van der Waals surface area contributed by atoms with Crippen molar-refractivity contribution in [1.82, 2.24) is 5.32 Å². The molecule has 1 saturated carbocycles. The second-order valence-electron chi connectivity index (χ2n) is 6.58. The van der Waals surface area contributed by atoms with Crippen molar-refractivity contribution in [3.05, 3.63) is 28.8 Å². The molecule has 19 heavy (non-hydrogen) atoms. The second kappa shape index (κ2) is 4.82. The molecule has 1 unspecified atom stereocenters. The summed E-state index contributed by atoms with van der Waals surface area (Å²) >= 11 is 0. The molecule has 1 N–H and O–H groups in total. The summed E-state index contributed by atoms with van der Waals surface area (Å²) in [5.41, 5.74) is 4.07. The van der Waals surface area contributed by atoms with Gasteiger partial charge in [0.1, 0.15) is 5.75 Å². The zero-order valence-electron chi connectivity index (χ0n) is 12.4. The highest BCUT2D eigenvalue weighted by Gasteiger charge is 2.34. The summed E-state index contributed by atoms with van der Waals surface area (Å²) < 4.78 is 6.18. The Morgan fingerprint density at radius 2 is 2.11 bits per heavy atom. The van der Waals surface area contributed by atoms with Gasteiger partial charge in [-0.3, -0.25) is 0 Å². The molecule has 0 radical (unpaired) electrons. The third kappa shape index (κ3) is 2.64. The maximum absolute atomic E-state index is 6.18. The molecular formula is C17H25NO. The average Bonchev–Trinajstić information content (AvgIpc) is 3.08. The van der Waals surface area contributed by atoms with E-state index in [1.165, 1.54) is 42.4 Å². The van der Waals surface area contributed by atoms with E-state index in [0.29, 0.717) is 0 Å². The van der Waals surface area contributed by atoms with Crippen LogP contribution in [-0.2, 0) is 5.54 Å². The van der Waals surface area contributed by atoms with Crippen molar-refractivity contribution in [2.75, 3.05) is 13.2 Å². The van der Waals surface area contributed by atoms with E-state index in [0.717, 1.165) is 24.8 Å². The van der Waals surface area contributed by atoms with E-state index in [4.69, 9.17) is 4.74 Å². The van der Waals surface area contributed by atoms with Crippen molar-refractivity contribution < 1.29 is 4.74 Å². The predicted molar refractivity (Wildman–Crippen MR) is 78.7 cm³/mol. The van der Waals surface area contributed by atoms with Crippen LogP contribution in [0, 0.1) is 19.8 Å². The zero-order valence-corrected chi connectivity index (χ0v) is 12.4. The summed E-state index contributed by atoms with van der Waals surface area (Å²) in [4.78, 5) is 0. The number of hydrogen-bond donors (Lipinski definition) is 1. The molecule has 0 aromatic heterocycles. The predicted octanol–water partition coefficient (Wildman–Crippen LogP) is 3.69. The lowest BCUT2D eigenvalue weighted by atomic mass is 9.87. The van der Waals surface area contributed by atoms with E-state index in [2.05, 4.69) is 38.2 Å². The van der Waals surface area contributed by atoms with Crippen LogP contribution in [0.3, 0.4) is 0 Å². The fraction of sp³-hybridized carbons (Fsp3) is 0.647. The SMILES string of the molecule is Cc1cc(C)c(OCC2CC2)c(C2(C)CCCN2)c1. The van der Waals surface area contributed by atoms with Crippen LogP contribution >= 0.6 is 0 Å². The van der Waals surface area contributed by atoms with Gasteiger partial charge in [-0.2, -0.15) is 0 Å². The fourth-order valence-corrected chi connectivity index (χ4v) is 3.17. The number of ether oxygens (including phenoxy) is 1. The average molecular weight is 259 g/mol. The lowest BCUT2D eigenvalue weighted by molar-refractivity contribution is 0.284. The van der Waals surface area contributed by atoms with Gasteiger partial charge in [-0.05, 0) is 64.5 Å². The topological polar surface area (TPSA) is 21.3 Å². The fourth-order valence-electron chi connectivity index (χ4n) is 3.17. The first kappa shape index (κ1) is 13.0. The van der Waals surface area contributed by atoms with Gasteiger partial charge < -0.3 is 10.1 Å². The number of hydrogen-bond acceptors (Lipinski definition) is 2. The highest BCUT2D eigenvalue weighted by Crippen LogP contribution is 2.40. The minimum absolute atomic E-state index is 0.0929. The van der Waals surface area contributed by atoms with Gasteiger partial charge in [0.25, 0.3) is 0 Å². The highest BCUT2D eigenvalue weighted by atomic mass is 16.5. The minimum atomic E-state index is 0.0929. The van der Waals surface area contributed by atoms with Gasteiger partial charge in [-0.15, -0.1) is 0 Å². The molecule has 1 aromatic rings. The van der Waals surface area contributed by atoms with Gasteiger partial charge in [0.15, 0.2) is 0 Å². The molecule has 1 aliphatic carbocycles. The Balaban J connectivity index is 1.94. The number of aryl methyl sites for hydroxylation is 2. The molecule has 1 saturated heterocycles. The monoisotopic (exact) mass is 259 g/mol. The summed E-state index contributed by atoms with van der Waals surface area (Å²) in [6, 6.07) is 4.55. The van der Waals surface area contributed by atoms with Gasteiger partial charge in [-0.25, -0.2) is 0 Å². The largest absolute Gasteiger partial charge is 0.493 e. The van der Waals surface area contributed by atoms with Gasteiger partial charge in [0.2, 0.25) is 0 Å². The Bertz CT molecular complexity index is 470. The van der Waals surface area contributed by atoms with Gasteiger partial charge >= 0.3 is 0 Å². The molecule has 2 aliphatic rings. The number of rotatable bonds is 4. The maximum Gasteiger partial charge on any atom is 0.127 e. The van der Waals surface area contributed by atoms with Crippen LogP contribution in [0.4, 0.5) is 0 Å². The molecule has 3 rings (SSSR count). The van der Waals surface area contributed by atoms with Crippen LogP contribution < -0.4 is 10.1 Å². The van der Waals surface area contributed by atoms with E-state index in [9.17, 15) is 0 Å². The first-order valence-corrected chi connectivity index (χ1v) is 7.58. The molecule has 2 heteroatoms. The Morgan fingerprint density at radius 3 is 2.74 bits per heavy atom. The van der Waals surface area contributed by atoms with Crippen molar-refractivity contribution in [2.45, 2.75) is 52.0 Å². The van der Waals surface area contributed by atoms with Crippen LogP contribution in [0.15, 0.2) is 12.1 Å². The summed E-state index contributed by atoms with van der Waals surface area (Å²) in [5, 5.41) is 3.67. The number of nitrogens with one attached hydrogen (secondary N) is 1. The molecular weight excluding hydrogens is 234 g/mol. The molecule has 1 aliphatic heterocycles. The molecule has 1 heterocycles. The van der Waals surface area contributed by atoms with Crippen molar-refractivity contribution in [1.29, 1.82) is 0 Å². The summed E-state index contributed by atoms with van der Waals surface area (Å²) in [6.45, 7) is 8.69. The van der Waals surface area contributed by atoms with Gasteiger partial charge in [0.05, 0.1) is 6.61 Å². The standard InChI is InChI=1S/C17H25NO/c1-12-9-13(2)16(19-11-14-5-6-14)15(10-12)17(3)7-4-8-18-17/h9-10,14,18H,4-8,11H2,1-3H3. The van der Waals surface area contributed by atoms with Crippen LogP contribution in [0.25, 0.3) is 0 Å². The van der Waals surface area contributed by atoms with E-state index in [1.54, 1.807) is 0 Å². The minimum Gasteiger partial charge on any atom is -0.493 e. The van der Waals surface area contributed by atoms with Crippen LogP contribution in [-0.4, -0.2) is 13.2 Å². The van der Waals surface area contributed by atoms with Crippen molar-refractivity contribution >= 4 is 0 Å². The quantitative estimate of drug-likeness (QED) is 0.890. The van der Waals surface area contributed by atoms with E-state index < -0.39 is 0 Å². The summed E-state index contributed by atoms with van der Waals surface area (Å²) in [5.74, 6) is 1.94. The normalized spacial score (nSPS) is 26.7. The Kier molecular flexibility index (Phi) is 3.30. The summed E-state index contributed by atoms with van der Waals surface area (Å²) in [7, 11) is 0. The molecule has 2 fully saturated rings. The Morgan fingerprint density at radius 1 is 1.32 bits per heavy atom. The van der Waals surface area contributed by atoms with Crippen LogP contribution in [0.2, 0.25) is 0 Å². The lowest BCUT2D eigenvalue weighted by Gasteiger charge is -2.29. The molecule has 2 nitrogen and oxygen atoms in total. The lowest BCUT2D eigenvalue weighted by Crippen LogP contribution is -2.34. The number of benzene rings is 1. The zero-order chi connectivity index (χ0) is 13.5. The third-order valence-corrected chi connectivity index (χ3v) is 4.54. The van der Waals surface area contributed by atoms with E-state index in [-0.39, 0.29) is 5.54 Å². The van der Waals surface area contributed by atoms with Gasteiger partial charge in [-0.1, -0.05) is 17.7 Å². The Labute approximate surface area is 116 Å². The maximum atomic E-state index is 6.18. The van der Waals surface area contributed by atoms with Crippen molar-refractivity contribution in [2.24, 2.45) is 5.92 Å². The first-order valence-electron chi connectivity index (χ1n) is 7.58. The van der Waals surface area contributed by atoms with Crippen molar-refractivity contribution in [3.63, 3.8) is 0 Å². The molecule has 1 aromatic carbocycles. The van der Waals surface area contributed by atoms with E-state index in [1.807, 2.05) is 0 Å². The molecule has 1 atom stereocenters. The highest BCUT2D eigenvalue weighted by molar-refractivity contribution is 5.47. The van der Waals surface area contributed by atoms with Crippen molar-refractivity contribution in [3.8, 4) is 5.75 Å². The van der Waals surface area contributed by atoms with E-state index >= 15 is 0 Å². The smallest absolute Gasteiger partial charge is 0.127 e. The second-order valence-corrected chi connectivity index (χ2v) is 6.58. The molecule has 0 amide bonds. The molecule has 0 bridgehead atoms. The Hall–Kier alpha value is -1.02. The summed E-state index contributed by atoms with van der Waals surface area (Å²) in [6.07, 6.45) is 5.15.